The Kier molecular flexibility index (Phi) is 4.41. The van der Waals surface area contributed by atoms with E-state index in [9.17, 15) is 5.26 Å². The van der Waals surface area contributed by atoms with Gasteiger partial charge in [-0.1, -0.05) is 12.1 Å². The van der Waals surface area contributed by atoms with E-state index in [-0.39, 0.29) is 6.04 Å². The average Bonchev–Trinajstić information content (AvgIpc) is 2.59. The van der Waals surface area contributed by atoms with Crippen LogP contribution in [0, 0.1) is 11.3 Å². The van der Waals surface area contributed by atoms with Crippen molar-refractivity contribution in [2.24, 2.45) is 5.73 Å². The van der Waals surface area contributed by atoms with Gasteiger partial charge >= 0.3 is 0 Å². The highest BCUT2D eigenvalue weighted by Crippen LogP contribution is 2.25. The normalized spacial score (nSPS) is 24.8. The molecule has 1 aliphatic heterocycles. The third kappa shape index (κ3) is 2.89. The van der Waals surface area contributed by atoms with E-state index >= 15 is 0 Å². The lowest BCUT2D eigenvalue weighted by Gasteiger charge is -2.32. The third-order valence-electron chi connectivity index (χ3n) is 4.09. The van der Waals surface area contributed by atoms with E-state index in [0.29, 0.717) is 12.6 Å². The molecule has 1 aromatic carbocycles. The van der Waals surface area contributed by atoms with Crippen molar-refractivity contribution in [2.45, 2.75) is 25.4 Å². The number of nitrogens with zero attached hydrogens (tertiary/aromatic N) is 3. The average molecular weight is 258 g/mol. The molecular weight excluding hydrogens is 236 g/mol. The molecular formula is C15H22N4. The molecule has 102 valence electrons. The summed E-state index contributed by atoms with van der Waals surface area (Å²) in [5.74, 6) is 0. The molecule has 2 N–H and O–H groups in total. The number of likely N-dealkylation sites (N-methyl/N-ethyl adjacent to an activating group) is 1. The molecule has 1 aromatic rings. The largest absolute Gasteiger partial charge is 0.365 e. The molecule has 1 heterocycles. The number of benzene rings is 1. The zero-order valence-electron chi connectivity index (χ0n) is 11.7. The van der Waals surface area contributed by atoms with Gasteiger partial charge in [0.15, 0.2) is 0 Å². The molecule has 1 saturated heterocycles. The van der Waals surface area contributed by atoms with E-state index in [2.05, 4.69) is 29.8 Å². The number of nitriles is 1. The Morgan fingerprint density at radius 1 is 1.42 bits per heavy atom. The molecule has 0 spiro atoms. The van der Waals surface area contributed by atoms with Gasteiger partial charge in [-0.15, -0.1) is 0 Å². The number of para-hydroxylation sites is 1. The summed E-state index contributed by atoms with van der Waals surface area (Å²) in [6.07, 6.45) is 1.09. The fourth-order valence-electron chi connectivity index (χ4n) is 2.68. The van der Waals surface area contributed by atoms with Gasteiger partial charge in [-0.05, 0) is 32.5 Å². The molecule has 2 unspecified atom stereocenters. The summed E-state index contributed by atoms with van der Waals surface area (Å²) in [6, 6.07) is 10.9. The summed E-state index contributed by atoms with van der Waals surface area (Å²) in [5.41, 5.74) is 7.70. The highest BCUT2D eigenvalue weighted by atomic mass is 15.3. The van der Waals surface area contributed by atoms with Gasteiger partial charge in [-0.25, -0.2) is 0 Å². The first-order valence-corrected chi connectivity index (χ1v) is 6.83. The van der Waals surface area contributed by atoms with Gasteiger partial charge in [-0.3, -0.25) is 0 Å². The molecule has 1 aliphatic rings. The van der Waals surface area contributed by atoms with Gasteiger partial charge in [-0.2, -0.15) is 5.26 Å². The maximum absolute atomic E-state index is 9.26. The smallest absolute Gasteiger partial charge is 0.101 e. The lowest BCUT2D eigenvalue weighted by atomic mass is 10.1. The van der Waals surface area contributed by atoms with E-state index in [1.807, 2.05) is 24.3 Å². The van der Waals surface area contributed by atoms with Crippen LogP contribution in [0.25, 0.3) is 0 Å². The molecule has 19 heavy (non-hydrogen) atoms. The SMILES string of the molecule is CC1CCN(c2ccccc2C#N)C(CN)CN1C. The zero-order chi connectivity index (χ0) is 13.8. The van der Waals surface area contributed by atoms with E-state index in [1.54, 1.807) is 0 Å². The maximum Gasteiger partial charge on any atom is 0.101 e. The van der Waals surface area contributed by atoms with Crippen molar-refractivity contribution in [3.8, 4) is 6.07 Å². The van der Waals surface area contributed by atoms with E-state index in [1.165, 1.54) is 0 Å². The molecule has 2 atom stereocenters. The van der Waals surface area contributed by atoms with Gasteiger partial charge in [0.1, 0.15) is 6.07 Å². The summed E-state index contributed by atoms with van der Waals surface area (Å²) in [6.45, 7) is 4.74. The molecule has 0 aliphatic carbocycles. The predicted octanol–water partition coefficient (Wildman–Crippen LogP) is 1.42. The Morgan fingerprint density at radius 3 is 2.84 bits per heavy atom. The Morgan fingerprint density at radius 2 is 2.16 bits per heavy atom. The van der Waals surface area contributed by atoms with Crippen LogP contribution in [0.5, 0.6) is 0 Å². The predicted molar refractivity (Wildman–Crippen MR) is 78.1 cm³/mol. The van der Waals surface area contributed by atoms with Gasteiger partial charge in [0.05, 0.1) is 17.3 Å². The van der Waals surface area contributed by atoms with Crippen molar-refractivity contribution < 1.29 is 0 Å². The quantitative estimate of drug-likeness (QED) is 0.871. The van der Waals surface area contributed by atoms with E-state index in [0.717, 1.165) is 30.8 Å². The minimum absolute atomic E-state index is 0.268. The van der Waals surface area contributed by atoms with E-state index < -0.39 is 0 Å². The van der Waals surface area contributed by atoms with Crippen LogP contribution in [-0.2, 0) is 0 Å². The first kappa shape index (κ1) is 13.9. The fourth-order valence-corrected chi connectivity index (χ4v) is 2.68. The van der Waals surface area contributed by atoms with Crippen LogP contribution in [0.1, 0.15) is 18.9 Å². The second-order valence-electron chi connectivity index (χ2n) is 5.29. The first-order chi connectivity index (χ1) is 9.17. The first-order valence-electron chi connectivity index (χ1n) is 6.83. The molecule has 0 aromatic heterocycles. The fraction of sp³-hybridized carbons (Fsp3) is 0.533. The Bertz CT molecular complexity index is 465. The highest BCUT2D eigenvalue weighted by Gasteiger charge is 2.27. The van der Waals surface area contributed by atoms with Gasteiger partial charge in [0, 0.05) is 25.7 Å². The molecule has 0 bridgehead atoms. The maximum atomic E-state index is 9.26. The van der Waals surface area contributed by atoms with Crippen LogP contribution in [0.2, 0.25) is 0 Å². The summed E-state index contributed by atoms with van der Waals surface area (Å²) in [7, 11) is 2.15. The minimum Gasteiger partial charge on any atom is -0.365 e. The van der Waals surface area contributed by atoms with Gasteiger partial charge < -0.3 is 15.5 Å². The van der Waals surface area contributed by atoms with Crippen molar-refractivity contribution in [2.75, 3.05) is 31.6 Å². The van der Waals surface area contributed by atoms with Gasteiger partial charge in [0.2, 0.25) is 0 Å². The lowest BCUT2D eigenvalue weighted by molar-refractivity contribution is 0.256. The minimum atomic E-state index is 0.268. The zero-order valence-corrected chi connectivity index (χ0v) is 11.7. The Balaban J connectivity index is 2.33. The highest BCUT2D eigenvalue weighted by molar-refractivity contribution is 5.60. The monoisotopic (exact) mass is 258 g/mol. The number of anilines is 1. The van der Waals surface area contributed by atoms with Crippen LogP contribution in [0.15, 0.2) is 24.3 Å². The molecule has 0 saturated carbocycles. The summed E-state index contributed by atoms with van der Waals surface area (Å²) in [5, 5.41) is 9.26. The standard InChI is InChI=1S/C15H22N4/c1-12-7-8-19(14(10-17)11-18(12)2)15-6-4-3-5-13(15)9-16/h3-6,12,14H,7-8,10-11,17H2,1-2H3. The molecule has 2 rings (SSSR count). The van der Waals surface area contributed by atoms with Crippen LogP contribution in [0.4, 0.5) is 5.69 Å². The van der Waals surface area contributed by atoms with Crippen molar-refractivity contribution in [1.82, 2.24) is 4.90 Å². The van der Waals surface area contributed by atoms with E-state index in [4.69, 9.17) is 5.73 Å². The van der Waals surface area contributed by atoms with Crippen molar-refractivity contribution >= 4 is 5.69 Å². The van der Waals surface area contributed by atoms with Crippen LogP contribution in [0.3, 0.4) is 0 Å². The van der Waals surface area contributed by atoms with Crippen molar-refractivity contribution in [3.63, 3.8) is 0 Å². The third-order valence-corrected chi connectivity index (χ3v) is 4.09. The Hall–Kier alpha value is -1.57. The summed E-state index contributed by atoms with van der Waals surface area (Å²) in [4.78, 5) is 4.66. The number of hydrogen-bond acceptors (Lipinski definition) is 4. The number of hydrogen-bond donors (Lipinski definition) is 1. The molecule has 0 radical (unpaired) electrons. The molecule has 0 amide bonds. The number of nitrogens with two attached hydrogens (primary N) is 1. The molecule has 1 fully saturated rings. The molecule has 4 heteroatoms. The second-order valence-corrected chi connectivity index (χ2v) is 5.29. The van der Waals surface area contributed by atoms with Gasteiger partial charge in [0.25, 0.3) is 0 Å². The van der Waals surface area contributed by atoms with Crippen molar-refractivity contribution in [3.05, 3.63) is 29.8 Å². The van der Waals surface area contributed by atoms with Crippen LogP contribution < -0.4 is 10.6 Å². The van der Waals surface area contributed by atoms with Crippen molar-refractivity contribution in [1.29, 1.82) is 5.26 Å². The number of rotatable bonds is 2. The topological polar surface area (TPSA) is 56.3 Å². The second kappa shape index (κ2) is 6.05. The molecule has 4 nitrogen and oxygen atoms in total. The summed E-state index contributed by atoms with van der Waals surface area (Å²) >= 11 is 0. The lowest BCUT2D eigenvalue weighted by Crippen LogP contribution is -2.46. The van der Waals surface area contributed by atoms with Crippen LogP contribution in [-0.4, -0.2) is 43.7 Å². The Labute approximate surface area is 115 Å². The van der Waals surface area contributed by atoms with Crippen LogP contribution >= 0.6 is 0 Å². The summed E-state index contributed by atoms with van der Waals surface area (Å²) < 4.78 is 0.